The molecule has 2 rings (SSSR count). The minimum atomic E-state index is -1.53. The summed E-state index contributed by atoms with van der Waals surface area (Å²) in [5, 5.41) is 0. The molecular weight excluding hydrogens is 365 g/mol. The SMILES string of the molecule is CCOC(OC)c1ccc(C2(F)CCN(C(=O)OC(C)(C)C)CC2)cc1OC. The quantitative estimate of drug-likeness (QED) is 0.658. The van der Waals surface area contributed by atoms with Crippen LogP contribution in [0.5, 0.6) is 5.75 Å². The number of ether oxygens (including phenoxy) is 4. The van der Waals surface area contributed by atoms with Gasteiger partial charge >= 0.3 is 6.09 Å². The molecule has 1 aliphatic rings. The lowest BCUT2D eigenvalue weighted by molar-refractivity contribution is -0.124. The lowest BCUT2D eigenvalue weighted by atomic mass is 9.85. The first kappa shape index (κ1) is 22.4. The summed E-state index contributed by atoms with van der Waals surface area (Å²) in [6.45, 7) is 8.41. The number of likely N-dealkylation sites (tertiary alicyclic amines) is 1. The molecule has 1 heterocycles. The van der Waals surface area contributed by atoms with Gasteiger partial charge in [-0.25, -0.2) is 9.18 Å². The average Bonchev–Trinajstić information content (AvgIpc) is 2.64. The van der Waals surface area contributed by atoms with Crippen molar-refractivity contribution in [3.63, 3.8) is 0 Å². The van der Waals surface area contributed by atoms with Gasteiger partial charge in [-0.1, -0.05) is 6.07 Å². The molecule has 0 radical (unpaired) electrons. The number of hydrogen-bond acceptors (Lipinski definition) is 5. The van der Waals surface area contributed by atoms with Gasteiger partial charge in [-0.15, -0.1) is 0 Å². The lowest BCUT2D eigenvalue weighted by Crippen LogP contribution is -2.45. The van der Waals surface area contributed by atoms with E-state index in [9.17, 15) is 4.79 Å². The Labute approximate surface area is 166 Å². The van der Waals surface area contributed by atoms with Gasteiger partial charge in [-0.2, -0.15) is 0 Å². The van der Waals surface area contributed by atoms with Gasteiger partial charge in [-0.05, 0) is 45.4 Å². The molecule has 1 aromatic carbocycles. The third kappa shape index (κ3) is 5.35. The molecule has 0 spiro atoms. The highest BCUT2D eigenvalue weighted by Crippen LogP contribution is 2.40. The maximum Gasteiger partial charge on any atom is 0.410 e. The molecule has 1 saturated heterocycles. The Balaban J connectivity index is 2.14. The number of piperidine rings is 1. The van der Waals surface area contributed by atoms with Crippen LogP contribution in [-0.4, -0.2) is 50.5 Å². The molecule has 1 aromatic rings. The Kier molecular flexibility index (Phi) is 7.28. The second kappa shape index (κ2) is 9.09. The summed E-state index contributed by atoms with van der Waals surface area (Å²) in [6.07, 6.45) is -0.567. The number of halogens is 1. The zero-order chi connectivity index (χ0) is 20.9. The third-order valence-electron chi connectivity index (χ3n) is 4.74. The number of carbonyl (C=O) groups is 1. The van der Waals surface area contributed by atoms with Crippen LogP contribution in [0, 0.1) is 0 Å². The summed E-state index contributed by atoms with van der Waals surface area (Å²) in [4.78, 5) is 13.8. The van der Waals surface area contributed by atoms with Crippen LogP contribution in [0.2, 0.25) is 0 Å². The lowest BCUT2D eigenvalue weighted by Gasteiger charge is -2.37. The minimum absolute atomic E-state index is 0.202. The molecule has 1 aliphatic heterocycles. The van der Waals surface area contributed by atoms with Crippen LogP contribution in [0.3, 0.4) is 0 Å². The van der Waals surface area contributed by atoms with Gasteiger partial charge in [0, 0.05) is 45.2 Å². The summed E-state index contributed by atoms with van der Waals surface area (Å²) in [7, 11) is 3.09. The Morgan fingerprint density at radius 1 is 1.25 bits per heavy atom. The van der Waals surface area contributed by atoms with Gasteiger partial charge in [0.25, 0.3) is 0 Å². The van der Waals surface area contributed by atoms with Crippen molar-refractivity contribution in [1.29, 1.82) is 0 Å². The zero-order valence-corrected chi connectivity index (χ0v) is 17.7. The molecule has 0 saturated carbocycles. The summed E-state index contributed by atoms with van der Waals surface area (Å²) < 4.78 is 37.4. The van der Waals surface area contributed by atoms with Crippen molar-refractivity contribution < 1.29 is 28.1 Å². The third-order valence-corrected chi connectivity index (χ3v) is 4.74. The molecular formula is C21H32FNO5. The largest absolute Gasteiger partial charge is 0.496 e. The Morgan fingerprint density at radius 3 is 2.39 bits per heavy atom. The summed E-state index contributed by atoms with van der Waals surface area (Å²) in [6, 6.07) is 5.22. The van der Waals surface area contributed by atoms with Crippen molar-refractivity contribution in [3.05, 3.63) is 29.3 Å². The van der Waals surface area contributed by atoms with E-state index in [2.05, 4.69) is 0 Å². The van der Waals surface area contributed by atoms with Crippen LogP contribution in [0.15, 0.2) is 18.2 Å². The van der Waals surface area contributed by atoms with E-state index in [1.807, 2.05) is 27.7 Å². The van der Waals surface area contributed by atoms with Gasteiger partial charge in [0.05, 0.1) is 7.11 Å². The van der Waals surface area contributed by atoms with Crippen molar-refractivity contribution in [2.24, 2.45) is 0 Å². The standard InChI is InChI=1S/C21H32FNO5/c1-7-27-18(26-6)16-9-8-15(14-17(16)25-5)21(22)10-12-23(13-11-21)19(24)28-20(2,3)4/h8-9,14,18H,7,10-13H2,1-6H3. The van der Waals surface area contributed by atoms with Crippen LogP contribution < -0.4 is 4.74 Å². The summed E-state index contributed by atoms with van der Waals surface area (Å²) in [5.41, 5.74) is -0.852. The minimum Gasteiger partial charge on any atom is -0.496 e. The molecule has 0 aliphatic carbocycles. The van der Waals surface area contributed by atoms with E-state index in [0.29, 0.717) is 36.6 Å². The predicted octanol–water partition coefficient (Wildman–Crippen LogP) is 4.57. The van der Waals surface area contributed by atoms with Crippen molar-refractivity contribution in [2.75, 3.05) is 33.9 Å². The normalized spacial score (nSPS) is 17.9. The monoisotopic (exact) mass is 397 g/mol. The smallest absolute Gasteiger partial charge is 0.410 e. The summed E-state index contributed by atoms with van der Waals surface area (Å²) >= 11 is 0. The highest BCUT2D eigenvalue weighted by molar-refractivity contribution is 5.68. The first-order chi connectivity index (χ1) is 13.1. The maximum absolute atomic E-state index is 15.7. The molecule has 1 unspecified atom stereocenters. The van der Waals surface area contributed by atoms with Crippen LogP contribution in [0.25, 0.3) is 0 Å². The number of amides is 1. The highest BCUT2D eigenvalue weighted by atomic mass is 19.1. The summed E-state index contributed by atoms with van der Waals surface area (Å²) in [5.74, 6) is 0.518. The second-order valence-electron chi connectivity index (χ2n) is 7.91. The van der Waals surface area contributed by atoms with Crippen LogP contribution in [0.1, 0.15) is 58.0 Å². The first-order valence-corrected chi connectivity index (χ1v) is 9.63. The number of carbonyl (C=O) groups excluding carboxylic acids is 1. The highest BCUT2D eigenvalue weighted by Gasteiger charge is 2.39. The fraction of sp³-hybridized carbons (Fsp3) is 0.667. The van der Waals surface area contributed by atoms with Crippen molar-refractivity contribution >= 4 is 6.09 Å². The fourth-order valence-corrected chi connectivity index (χ4v) is 3.28. The first-order valence-electron chi connectivity index (χ1n) is 9.63. The van der Waals surface area contributed by atoms with E-state index in [-0.39, 0.29) is 12.8 Å². The van der Waals surface area contributed by atoms with E-state index in [1.54, 1.807) is 30.2 Å². The van der Waals surface area contributed by atoms with E-state index >= 15 is 4.39 Å². The van der Waals surface area contributed by atoms with Gasteiger partial charge in [0.15, 0.2) is 6.29 Å². The molecule has 0 N–H and O–H groups in total. The molecule has 6 nitrogen and oxygen atoms in total. The topological polar surface area (TPSA) is 57.2 Å². The maximum atomic E-state index is 15.7. The van der Waals surface area contributed by atoms with Crippen LogP contribution >= 0.6 is 0 Å². The number of rotatable bonds is 6. The fourth-order valence-electron chi connectivity index (χ4n) is 3.28. The van der Waals surface area contributed by atoms with Crippen molar-refractivity contribution in [3.8, 4) is 5.75 Å². The number of methoxy groups -OCH3 is 2. The molecule has 158 valence electrons. The van der Waals surface area contributed by atoms with E-state index in [4.69, 9.17) is 18.9 Å². The van der Waals surface area contributed by atoms with Gasteiger partial charge in [-0.3, -0.25) is 0 Å². The van der Waals surface area contributed by atoms with E-state index < -0.39 is 23.7 Å². The van der Waals surface area contributed by atoms with Gasteiger partial charge in [0.1, 0.15) is 17.0 Å². The number of alkyl halides is 1. The van der Waals surface area contributed by atoms with Crippen LogP contribution in [-0.2, 0) is 19.9 Å². The van der Waals surface area contributed by atoms with E-state index in [0.717, 1.165) is 0 Å². The Morgan fingerprint density at radius 2 is 1.89 bits per heavy atom. The number of benzene rings is 1. The molecule has 0 bridgehead atoms. The molecule has 1 atom stereocenters. The number of nitrogens with zero attached hydrogens (tertiary/aromatic N) is 1. The van der Waals surface area contributed by atoms with Gasteiger partial charge in [0.2, 0.25) is 0 Å². The molecule has 7 heteroatoms. The Hall–Kier alpha value is -1.86. The molecule has 1 amide bonds. The number of hydrogen-bond donors (Lipinski definition) is 0. The molecule has 0 aromatic heterocycles. The molecule has 1 fully saturated rings. The van der Waals surface area contributed by atoms with Crippen LogP contribution in [0.4, 0.5) is 9.18 Å². The Bertz CT molecular complexity index is 665. The van der Waals surface area contributed by atoms with Crippen molar-refractivity contribution in [2.45, 2.75) is 58.1 Å². The average molecular weight is 397 g/mol. The second-order valence-corrected chi connectivity index (χ2v) is 7.91. The van der Waals surface area contributed by atoms with E-state index in [1.165, 1.54) is 7.11 Å². The predicted molar refractivity (Wildman–Crippen MR) is 104 cm³/mol. The van der Waals surface area contributed by atoms with Crippen molar-refractivity contribution in [1.82, 2.24) is 4.90 Å². The zero-order valence-electron chi connectivity index (χ0n) is 17.7. The van der Waals surface area contributed by atoms with Gasteiger partial charge < -0.3 is 23.8 Å². The molecule has 28 heavy (non-hydrogen) atoms.